The number of hydrogen-bond donors (Lipinski definition) is 1. The number of sulfonamides is 2. The van der Waals surface area contributed by atoms with Crippen LogP contribution in [0.2, 0.25) is 0 Å². The number of nitrogens with zero attached hydrogens (tertiary/aromatic N) is 3. The number of aromatic nitrogens is 2. The van der Waals surface area contributed by atoms with Crippen LogP contribution in [0.4, 0.5) is 5.69 Å². The van der Waals surface area contributed by atoms with Crippen molar-refractivity contribution in [1.82, 2.24) is 14.1 Å². The third kappa shape index (κ3) is 3.87. The summed E-state index contributed by atoms with van der Waals surface area (Å²) >= 11 is 0. The highest BCUT2D eigenvalue weighted by molar-refractivity contribution is 7.92. The van der Waals surface area contributed by atoms with Crippen molar-refractivity contribution >= 4 is 25.7 Å². The molecule has 1 unspecified atom stereocenters. The summed E-state index contributed by atoms with van der Waals surface area (Å²) in [4.78, 5) is 0.251. The van der Waals surface area contributed by atoms with Crippen LogP contribution in [0, 0.1) is 6.92 Å². The first kappa shape index (κ1) is 19.8. The molecule has 0 saturated carbocycles. The van der Waals surface area contributed by atoms with E-state index >= 15 is 0 Å². The molecule has 0 spiro atoms. The SMILES string of the molecule is Cc1c(S(=O)(=O)Nc2ccc(S(=O)(=O)N3CCCCC3C)cc2)cnn1C. The van der Waals surface area contributed by atoms with Gasteiger partial charge in [-0.25, -0.2) is 16.8 Å². The predicted molar refractivity (Wildman–Crippen MR) is 102 cm³/mol. The van der Waals surface area contributed by atoms with Crippen LogP contribution in [0.25, 0.3) is 0 Å². The first-order chi connectivity index (χ1) is 12.6. The maximum absolute atomic E-state index is 12.8. The molecule has 2 heterocycles. The fourth-order valence-corrected chi connectivity index (χ4v) is 6.17. The van der Waals surface area contributed by atoms with Crippen molar-refractivity contribution in [2.45, 2.75) is 48.9 Å². The summed E-state index contributed by atoms with van der Waals surface area (Å²) in [5, 5.41) is 3.94. The molecule has 1 saturated heterocycles. The molecule has 1 atom stereocenters. The molecule has 0 amide bonds. The maximum atomic E-state index is 12.8. The Morgan fingerprint density at radius 2 is 1.78 bits per heavy atom. The molecule has 2 aromatic rings. The molecule has 8 nitrogen and oxygen atoms in total. The first-order valence-electron chi connectivity index (χ1n) is 8.76. The Kier molecular flexibility index (Phi) is 5.33. The third-order valence-electron chi connectivity index (χ3n) is 4.93. The van der Waals surface area contributed by atoms with Gasteiger partial charge >= 0.3 is 0 Å². The van der Waals surface area contributed by atoms with Gasteiger partial charge in [0, 0.05) is 25.3 Å². The van der Waals surface area contributed by atoms with Crippen LogP contribution >= 0.6 is 0 Å². The van der Waals surface area contributed by atoms with Crippen molar-refractivity contribution in [2.24, 2.45) is 7.05 Å². The van der Waals surface area contributed by atoms with Crippen LogP contribution in [0.1, 0.15) is 31.9 Å². The summed E-state index contributed by atoms with van der Waals surface area (Å²) in [7, 11) is -5.72. The molecular weight excluding hydrogens is 388 g/mol. The zero-order valence-electron chi connectivity index (χ0n) is 15.6. The fourth-order valence-electron chi connectivity index (χ4n) is 3.21. The van der Waals surface area contributed by atoms with Gasteiger partial charge in [0.05, 0.1) is 16.8 Å². The predicted octanol–water partition coefficient (Wildman–Crippen LogP) is 2.09. The van der Waals surface area contributed by atoms with Crippen LogP contribution in [-0.4, -0.2) is 43.5 Å². The smallest absolute Gasteiger partial charge is 0.265 e. The lowest BCUT2D eigenvalue weighted by Gasteiger charge is -2.32. The standard InChI is InChI=1S/C17H24N4O4S2/c1-13-6-4-5-11-21(13)27(24,25)16-9-7-15(8-10-16)19-26(22,23)17-12-18-20(3)14(17)2/h7-10,12-13,19H,4-6,11H2,1-3H3. The molecule has 1 aliphatic heterocycles. The van der Waals surface area contributed by atoms with E-state index in [1.165, 1.54) is 39.4 Å². The van der Waals surface area contributed by atoms with Gasteiger partial charge in [0.15, 0.2) is 0 Å². The lowest BCUT2D eigenvalue weighted by molar-refractivity contribution is 0.268. The molecule has 1 aliphatic rings. The maximum Gasteiger partial charge on any atom is 0.265 e. The van der Waals surface area contributed by atoms with Gasteiger partial charge in [-0.1, -0.05) is 6.42 Å². The summed E-state index contributed by atoms with van der Waals surface area (Å²) in [6, 6.07) is 5.76. The summed E-state index contributed by atoms with van der Waals surface area (Å²) in [6.07, 6.45) is 4.02. The molecule has 1 aromatic heterocycles. The van der Waals surface area contributed by atoms with Crippen molar-refractivity contribution < 1.29 is 16.8 Å². The molecule has 1 aromatic carbocycles. The van der Waals surface area contributed by atoms with E-state index in [1.807, 2.05) is 6.92 Å². The first-order valence-corrected chi connectivity index (χ1v) is 11.7. The molecule has 0 radical (unpaired) electrons. The summed E-state index contributed by atoms with van der Waals surface area (Å²) < 4.78 is 56.2. The minimum Gasteiger partial charge on any atom is -0.280 e. The largest absolute Gasteiger partial charge is 0.280 e. The normalized spacial score (nSPS) is 19.1. The zero-order valence-corrected chi connectivity index (χ0v) is 17.2. The van der Waals surface area contributed by atoms with Gasteiger partial charge in [-0.3, -0.25) is 9.40 Å². The van der Waals surface area contributed by atoms with Crippen molar-refractivity contribution in [1.29, 1.82) is 0 Å². The van der Waals surface area contributed by atoms with Gasteiger partial charge in [-0.15, -0.1) is 0 Å². The Hall–Kier alpha value is -1.91. The van der Waals surface area contributed by atoms with Crippen molar-refractivity contribution in [3.05, 3.63) is 36.2 Å². The van der Waals surface area contributed by atoms with E-state index in [4.69, 9.17) is 0 Å². The van der Waals surface area contributed by atoms with Crippen LogP contribution < -0.4 is 4.72 Å². The van der Waals surface area contributed by atoms with E-state index in [0.29, 0.717) is 17.9 Å². The van der Waals surface area contributed by atoms with Gasteiger partial charge in [-0.2, -0.15) is 9.40 Å². The number of hydrogen-bond acceptors (Lipinski definition) is 5. The molecule has 148 valence electrons. The molecular formula is C17H24N4O4S2. The zero-order chi connectivity index (χ0) is 19.8. The highest BCUT2D eigenvalue weighted by atomic mass is 32.2. The van der Waals surface area contributed by atoms with Crippen molar-refractivity contribution in [2.75, 3.05) is 11.3 Å². The van der Waals surface area contributed by atoms with Crippen molar-refractivity contribution in [3.8, 4) is 0 Å². The van der Waals surface area contributed by atoms with Gasteiger partial charge in [0.2, 0.25) is 10.0 Å². The number of benzene rings is 1. The quantitative estimate of drug-likeness (QED) is 0.810. The summed E-state index contributed by atoms with van der Waals surface area (Å²) in [6.45, 7) is 4.09. The van der Waals surface area contributed by atoms with Crippen molar-refractivity contribution in [3.63, 3.8) is 0 Å². The van der Waals surface area contributed by atoms with Crippen LogP contribution in [0.3, 0.4) is 0 Å². The topological polar surface area (TPSA) is 101 Å². The average molecular weight is 413 g/mol. The summed E-state index contributed by atoms with van der Waals surface area (Å²) in [5.74, 6) is 0. The van der Waals surface area contributed by atoms with E-state index in [-0.39, 0.29) is 15.8 Å². The molecule has 10 heteroatoms. The van der Waals surface area contributed by atoms with E-state index in [1.54, 1.807) is 14.0 Å². The highest BCUT2D eigenvalue weighted by Gasteiger charge is 2.31. The summed E-state index contributed by atoms with van der Waals surface area (Å²) in [5.41, 5.74) is 0.810. The Bertz CT molecular complexity index is 1030. The third-order valence-corrected chi connectivity index (χ3v) is 8.45. The second-order valence-corrected chi connectivity index (χ2v) is 10.3. The van der Waals surface area contributed by atoms with Gasteiger partial charge in [0.25, 0.3) is 10.0 Å². The van der Waals surface area contributed by atoms with Crippen LogP contribution in [0.15, 0.2) is 40.3 Å². The molecule has 0 aliphatic carbocycles. The van der Waals surface area contributed by atoms with Gasteiger partial charge in [-0.05, 0) is 51.0 Å². The number of nitrogens with one attached hydrogen (secondary N) is 1. The number of aryl methyl sites for hydroxylation is 1. The number of rotatable bonds is 5. The Balaban J connectivity index is 1.82. The van der Waals surface area contributed by atoms with Crippen LogP contribution in [-0.2, 0) is 27.1 Å². The van der Waals surface area contributed by atoms with E-state index in [9.17, 15) is 16.8 Å². The molecule has 3 rings (SSSR count). The fraction of sp³-hybridized carbons (Fsp3) is 0.471. The second-order valence-electron chi connectivity index (χ2n) is 6.81. The number of anilines is 1. The Labute approximate surface area is 160 Å². The average Bonchev–Trinajstić information content (AvgIpc) is 2.95. The minimum absolute atomic E-state index is 0.0320. The Morgan fingerprint density at radius 1 is 1.11 bits per heavy atom. The van der Waals surface area contributed by atoms with E-state index in [2.05, 4.69) is 9.82 Å². The van der Waals surface area contributed by atoms with Gasteiger partial charge in [0.1, 0.15) is 4.90 Å². The monoisotopic (exact) mass is 412 g/mol. The molecule has 1 fully saturated rings. The van der Waals surface area contributed by atoms with E-state index < -0.39 is 20.0 Å². The molecule has 1 N–H and O–H groups in total. The lowest BCUT2D eigenvalue weighted by atomic mass is 10.1. The molecule has 0 bridgehead atoms. The minimum atomic E-state index is -3.79. The number of piperidine rings is 1. The van der Waals surface area contributed by atoms with Crippen LogP contribution in [0.5, 0.6) is 0 Å². The lowest BCUT2D eigenvalue weighted by Crippen LogP contribution is -2.41. The van der Waals surface area contributed by atoms with E-state index in [0.717, 1.165) is 19.3 Å². The highest BCUT2D eigenvalue weighted by Crippen LogP contribution is 2.26. The molecule has 27 heavy (non-hydrogen) atoms. The van der Waals surface area contributed by atoms with Gasteiger partial charge < -0.3 is 0 Å². The Morgan fingerprint density at radius 3 is 2.33 bits per heavy atom. The second kappa shape index (κ2) is 7.25.